The second-order valence-electron chi connectivity index (χ2n) is 9.57. The zero-order valence-electron chi connectivity index (χ0n) is 21.5. The van der Waals surface area contributed by atoms with Gasteiger partial charge in [0.05, 0.1) is 5.69 Å². The highest BCUT2D eigenvalue weighted by Gasteiger charge is 2.25. The topological polar surface area (TPSA) is 72.6 Å². The smallest absolute Gasteiger partial charge is 0.119 e. The lowest BCUT2D eigenvalue weighted by Crippen LogP contribution is -2.34. The Kier molecular flexibility index (Phi) is 9.08. The number of hydrogen-bond donors (Lipinski definition) is 2. The van der Waals surface area contributed by atoms with Crippen LogP contribution in [-0.2, 0) is 17.8 Å². The van der Waals surface area contributed by atoms with Crippen LogP contribution in [0.15, 0.2) is 66.4 Å². The van der Waals surface area contributed by atoms with Gasteiger partial charge < -0.3 is 4.74 Å². The van der Waals surface area contributed by atoms with E-state index < -0.39 is 0 Å². The van der Waals surface area contributed by atoms with Gasteiger partial charge in [0.25, 0.3) is 0 Å². The molecule has 5 rings (SSSR count). The van der Waals surface area contributed by atoms with Gasteiger partial charge in [-0.25, -0.2) is 4.94 Å². The number of aryl methyl sites for hydroxylation is 2. The summed E-state index contributed by atoms with van der Waals surface area (Å²) in [5.74, 6) is 12.0. The van der Waals surface area contributed by atoms with E-state index in [0.717, 1.165) is 67.3 Å². The van der Waals surface area contributed by atoms with Gasteiger partial charge in [0, 0.05) is 55.0 Å². The van der Waals surface area contributed by atoms with Crippen LogP contribution in [0.1, 0.15) is 47.2 Å². The molecule has 0 atom stereocenters. The number of nitrogens with zero attached hydrogens (tertiary/aromatic N) is 2. The van der Waals surface area contributed by atoms with Crippen LogP contribution in [0.4, 0.5) is 0 Å². The van der Waals surface area contributed by atoms with Gasteiger partial charge >= 0.3 is 0 Å². The predicted molar refractivity (Wildman–Crippen MR) is 152 cm³/mol. The molecule has 1 saturated heterocycles. The molecule has 6 nitrogen and oxygen atoms in total. The quantitative estimate of drug-likeness (QED) is 0.257. The van der Waals surface area contributed by atoms with E-state index in [0.29, 0.717) is 19.6 Å². The molecule has 196 valence electrons. The number of nitrogens with two attached hydrogens (primary N) is 1. The van der Waals surface area contributed by atoms with Crippen LogP contribution in [0.5, 0.6) is 5.75 Å². The number of aromatic nitrogens is 1. The van der Waals surface area contributed by atoms with E-state index in [2.05, 4.69) is 45.4 Å². The van der Waals surface area contributed by atoms with E-state index in [4.69, 9.17) is 27.2 Å². The van der Waals surface area contributed by atoms with Gasteiger partial charge in [-0.05, 0) is 84.8 Å². The first-order valence-electron chi connectivity index (χ1n) is 13.2. The van der Waals surface area contributed by atoms with Crippen LogP contribution >= 0.6 is 11.6 Å². The number of rotatable bonds is 7. The van der Waals surface area contributed by atoms with Crippen molar-refractivity contribution in [2.24, 2.45) is 5.90 Å². The molecular weight excluding hydrogens is 496 g/mol. The van der Waals surface area contributed by atoms with Crippen molar-refractivity contribution in [2.75, 3.05) is 32.8 Å². The van der Waals surface area contributed by atoms with Gasteiger partial charge in [-0.2, -0.15) is 11.4 Å². The van der Waals surface area contributed by atoms with Gasteiger partial charge in [0.1, 0.15) is 12.4 Å². The first kappa shape index (κ1) is 26.4. The van der Waals surface area contributed by atoms with Gasteiger partial charge in [-0.15, -0.1) is 0 Å². The van der Waals surface area contributed by atoms with Crippen LogP contribution in [0.3, 0.4) is 0 Å². The number of halogens is 1. The second-order valence-corrected chi connectivity index (χ2v) is 10.0. The van der Waals surface area contributed by atoms with Crippen LogP contribution in [-0.4, -0.2) is 42.7 Å². The van der Waals surface area contributed by atoms with Crippen molar-refractivity contribution in [3.05, 3.63) is 99.3 Å². The molecule has 1 aliphatic heterocycles. The number of ether oxygens (including phenoxy) is 1. The zero-order valence-corrected chi connectivity index (χ0v) is 22.3. The van der Waals surface area contributed by atoms with Crippen molar-refractivity contribution in [1.29, 1.82) is 0 Å². The van der Waals surface area contributed by atoms with Crippen molar-refractivity contribution in [1.82, 2.24) is 15.4 Å². The van der Waals surface area contributed by atoms with Crippen molar-refractivity contribution >= 4 is 17.2 Å². The molecule has 1 aliphatic carbocycles. The highest BCUT2D eigenvalue weighted by molar-refractivity contribution is 6.30. The van der Waals surface area contributed by atoms with E-state index in [1.807, 2.05) is 42.6 Å². The Labute approximate surface area is 229 Å². The number of piperidine rings is 1. The Morgan fingerprint density at radius 1 is 1.00 bits per heavy atom. The molecule has 0 saturated carbocycles. The fourth-order valence-electron chi connectivity index (χ4n) is 5.19. The van der Waals surface area contributed by atoms with Crippen molar-refractivity contribution in [3.8, 4) is 17.6 Å². The molecule has 7 heteroatoms. The normalized spacial score (nSPS) is 15.2. The number of pyridine rings is 1. The lowest BCUT2D eigenvalue weighted by molar-refractivity contribution is 0.0425. The first-order chi connectivity index (χ1) is 18.7. The van der Waals surface area contributed by atoms with E-state index in [9.17, 15) is 0 Å². The average molecular weight is 529 g/mol. The molecule has 1 aromatic heterocycles. The summed E-state index contributed by atoms with van der Waals surface area (Å²) in [4.78, 5) is 11.6. The Bertz CT molecular complexity index is 1330. The van der Waals surface area contributed by atoms with Crippen LogP contribution < -0.4 is 16.1 Å². The fraction of sp³-hybridized carbons (Fsp3) is 0.323. The summed E-state index contributed by atoms with van der Waals surface area (Å²) in [6.45, 7) is 4.19. The van der Waals surface area contributed by atoms with E-state index in [-0.39, 0.29) is 0 Å². The third kappa shape index (κ3) is 6.63. The minimum atomic E-state index is 0.589. The highest BCUT2D eigenvalue weighted by Crippen LogP contribution is 2.38. The lowest BCUT2D eigenvalue weighted by Gasteiger charge is -2.30. The first-order valence-corrected chi connectivity index (χ1v) is 13.6. The highest BCUT2D eigenvalue weighted by atomic mass is 35.5. The van der Waals surface area contributed by atoms with Crippen molar-refractivity contribution in [3.63, 3.8) is 0 Å². The summed E-state index contributed by atoms with van der Waals surface area (Å²) in [5.41, 5.74) is 11.4. The average Bonchev–Trinajstić information content (AvgIpc) is 3.11. The minimum absolute atomic E-state index is 0.589. The van der Waals surface area contributed by atoms with Crippen LogP contribution in [0.2, 0.25) is 5.02 Å². The summed E-state index contributed by atoms with van der Waals surface area (Å²) in [5, 5.41) is 0.802. The molecule has 3 aromatic rings. The molecule has 2 aliphatic rings. The Balaban J connectivity index is 1.18. The van der Waals surface area contributed by atoms with Crippen LogP contribution in [0, 0.1) is 11.8 Å². The Hall–Kier alpha value is -3.18. The van der Waals surface area contributed by atoms with E-state index in [1.165, 1.54) is 27.8 Å². The predicted octanol–water partition coefficient (Wildman–Crippen LogP) is 4.95. The Morgan fingerprint density at radius 3 is 2.63 bits per heavy atom. The van der Waals surface area contributed by atoms with Crippen LogP contribution in [0.25, 0.3) is 5.57 Å². The fourth-order valence-corrected chi connectivity index (χ4v) is 5.39. The molecule has 0 bridgehead atoms. The van der Waals surface area contributed by atoms with E-state index in [1.54, 1.807) is 0 Å². The number of nitrogens with one attached hydrogen (secondary N) is 1. The summed E-state index contributed by atoms with van der Waals surface area (Å²) >= 11 is 6.36. The number of benzene rings is 2. The zero-order chi connectivity index (χ0) is 26.2. The molecule has 3 N–H and O–H groups in total. The molecule has 2 aromatic carbocycles. The largest absolute Gasteiger partial charge is 0.492 e. The number of hydroxylamine groups is 1. The van der Waals surface area contributed by atoms with Crippen molar-refractivity contribution < 1.29 is 9.68 Å². The van der Waals surface area contributed by atoms with Crippen molar-refractivity contribution in [2.45, 2.75) is 32.1 Å². The maximum atomic E-state index is 6.36. The molecule has 1 fully saturated rings. The van der Waals surface area contributed by atoms with Gasteiger partial charge in [0.15, 0.2) is 0 Å². The molecular formula is C31H33ClN4O2. The van der Waals surface area contributed by atoms with Gasteiger partial charge in [-0.1, -0.05) is 41.1 Å². The summed E-state index contributed by atoms with van der Waals surface area (Å²) in [7, 11) is 0. The van der Waals surface area contributed by atoms with Gasteiger partial charge in [0.2, 0.25) is 0 Å². The maximum absolute atomic E-state index is 6.36. The molecule has 2 heterocycles. The minimum Gasteiger partial charge on any atom is -0.492 e. The lowest BCUT2D eigenvalue weighted by atomic mass is 9.88. The summed E-state index contributed by atoms with van der Waals surface area (Å²) < 4.78 is 6.02. The third-order valence-corrected chi connectivity index (χ3v) is 7.38. The SMILES string of the molecule is NONCCC#Cc1ccc(OCCN2CCC(=C3c4ccc(Cl)cc4CCc4cccnc43)CC2)cc1. The number of fused-ring (bicyclic) bond motifs is 2. The standard InChI is InChI=1S/C31H33ClN4O2/c32-27-10-13-29-26(22-27)9-8-25-5-3-16-34-31(25)30(29)24-14-18-36(19-15-24)20-21-37-28-11-6-23(7-12-28)4-1-2-17-35-38-33/h3,5-7,10-13,16,22,35H,2,8-9,14-15,17-21,33H2. The maximum Gasteiger partial charge on any atom is 0.119 e. The number of hydrogen-bond acceptors (Lipinski definition) is 6. The molecule has 0 amide bonds. The van der Waals surface area contributed by atoms with E-state index >= 15 is 0 Å². The molecule has 0 unspecified atom stereocenters. The number of likely N-dealkylation sites (tertiary alicyclic amines) is 1. The Morgan fingerprint density at radius 2 is 1.82 bits per heavy atom. The third-order valence-electron chi connectivity index (χ3n) is 7.14. The molecule has 0 spiro atoms. The molecule has 0 radical (unpaired) electrons. The molecule has 38 heavy (non-hydrogen) atoms. The summed E-state index contributed by atoms with van der Waals surface area (Å²) in [6.07, 6.45) is 6.63. The second kappa shape index (κ2) is 13.1. The van der Waals surface area contributed by atoms with Gasteiger partial charge in [-0.3, -0.25) is 9.88 Å². The summed E-state index contributed by atoms with van der Waals surface area (Å²) in [6, 6.07) is 18.5. The monoisotopic (exact) mass is 528 g/mol.